The molecule has 15 heteroatoms. The Morgan fingerprint density at radius 1 is 0.917 bits per heavy atom. The van der Waals surface area contributed by atoms with Crippen LogP contribution in [0.4, 0.5) is 11.4 Å². The third-order valence-electron chi connectivity index (χ3n) is 9.28. The molecule has 0 spiro atoms. The van der Waals surface area contributed by atoms with E-state index in [-0.39, 0.29) is 53.8 Å². The van der Waals surface area contributed by atoms with Gasteiger partial charge in [0.2, 0.25) is 17.7 Å². The third-order valence-corrected chi connectivity index (χ3v) is 9.28. The number of benzene rings is 2. The van der Waals surface area contributed by atoms with Gasteiger partial charge >= 0.3 is 0 Å². The van der Waals surface area contributed by atoms with Crippen molar-refractivity contribution in [2.24, 2.45) is 0 Å². The molecule has 15 nitrogen and oxygen atoms in total. The topological polar surface area (TPSA) is 186 Å². The molecule has 48 heavy (non-hydrogen) atoms. The summed E-state index contributed by atoms with van der Waals surface area (Å²) in [5, 5.41) is 7.94. The smallest absolute Gasteiger partial charge is 0.264 e. The molecule has 3 N–H and O–H groups in total. The van der Waals surface area contributed by atoms with Gasteiger partial charge in [-0.05, 0) is 37.1 Å². The summed E-state index contributed by atoms with van der Waals surface area (Å²) in [6, 6.07) is 7.92. The molecule has 2 saturated heterocycles. The first-order valence-corrected chi connectivity index (χ1v) is 15.9. The highest BCUT2D eigenvalue weighted by Crippen LogP contribution is 2.35. The molecular weight excluding hydrogens is 622 g/mol. The molecule has 2 unspecified atom stereocenters. The molecule has 4 heterocycles. The first kappa shape index (κ1) is 32.5. The van der Waals surface area contributed by atoms with Crippen molar-refractivity contribution in [2.75, 3.05) is 56.5 Å². The van der Waals surface area contributed by atoms with E-state index in [4.69, 9.17) is 0 Å². The SMILES string of the molecule is CNC(=O)CCC(C=O)N1C(=O)c2cccc(NCCN3CCN(c4cccc5c4C(=O)N(C4CCC(=O)NC4=O)C5=O)CC3)c2C1=O. The van der Waals surface area contributed by atoms with E-state index < -0.39 is 47.5 Å². The van der Waals surface area contributed by atoms with Crippen molar-refractivity contribution in [1.82, 2.24) is 25.3 Å². The molecule has 2 aromatic carbocycles. The predicted molar refractivity (Wildman–Crippen MR) is 170 cm³/mol. The Balaban J connectivity index is 1.06. The lowest BCUT2D eigenvalue weighted by atomic mass is 10.0. The maximum absolute atomic E-state index is 13.5. The Morgan fingerprint density at radius 2 is 1.62 bits per heavy atom. The van der Waals surface area contributed by atoms with E-state index in [0.29, 0.717) is 56.9 Å². The number of fused-ring (bicyclic) bond motifs is 2. The Hall–Kier alpha value is -5.44. The van der Waals surface area contributed by atoms with Crippen molar-refractivity contribution in [3.63, 3.8) is 0 Å². The van der Waals surface area contributed by atoms with Gasteiger partial charge in [0, 0.05) is 64.8 Å². The molecule has 4 aliphatic heterocycles. The average Bonchev–Trinajstić information content (AvgIpc) is 3.50. The molecule has 0 radical (unpaired) electrons. The number of nitrogens with zero attached hydrogens (tertiary/aromatic N) is 4. The molecule has 0 saturated carbocycles. The van der Waals surface area contributed by atoms with Gasteiger partial charge in [0.05, 0.1) is 34.0 Å². The number of amides is 7. The van der Waals surface area contributed by atoms with Crippen LogP contribution >= 0.6 is 0 Å². The first-order chi connectivity index (χ1) is 23.1. The number of piperazine rings is 1. The minimum atomic E-state index is -1.06. The van der Waals surface area contributed by atoms with Crippen LogP contribution in [-0.2, 0) is 19.2 Å². The summed E-state index contributed by atoms with van der Waals surface area (Å²) in [4.78, 5) is 107. The second-order valence-corrected chi connectivity index (χ2v) is 12.0. The summed E-state index contributed by atoms with van der Waals surface area (Å²) in [6.45, 7) is 3.51. The van der Waals surface area contributed by atoms with Gasteiger partial charge in [-0.3, -0.25) is 53.6 Å². The number of carbonyl (C=O) groups excluding carboxylic acids is 8. The lowest BCUT2D eigenvalue weighted by Crippen LogP contribution is -2.54. The monoisotopic (exact) mass is 657 g/mol. The van der Waals surface area contributed by atoms with E-state index in [9.17, 15) is 38.4 Å². The molecular formula is C33H35N7O8. The fourth-order valence-electron chi connectivity index (χ4n) is 6.74. The lowest BCUT2D eigenvalue weighted by Gasteiger charge is -2.36. The molecule has 2 fully saturated rings. The second-order valence-electron chi connectivity index (χ2n) is 12.0. The maximum atomic E-state index is 13.5. The summed E-state index contributed by atoms with van der Waals surface area (Å²) >= 11 is 0. The number of piperidine rings is 1. The van der Waals surface area contributed by atoms with Gasteiger partial charge in [-0.15, -0.1) is 0 Å². The molecule has 4 aliphatic rings. The van der Waals surface area contributed by atoms with Gasteiger partial charge in [0.25, 0.3) is 23.6 Å². The number of imide groups is 3. The Labute approximate surface area is 275 Å². The molecule has 0 aromatic heterocycles. The van der Waals surface area contributed by atoms with Gasteiger partial charge < -0.3 is 20.3 Å². The summed E-state index contributed by atoms with van der Waals surface area (Å²) in [5.74, 6) is -3.62. The number of anilines is 2. The van der Waals surface area contributed by atoms with Crippen LogP contribution in [0.25, 0.3) is 0 Å². The van der Waals surface area contributed by atoms with Gasteiger partial charge in [-0.25, -0.2) is 0 Å². The maximum Gasteiger partial charge on any atom is 0.264 e. The Morgan fingerprint density at radius 3 is 2.31 bits per heavy atom. The van der Waals surface area contributed by atoms with Crippen molar-refractivity contribution in [3.05, 3.63) is 58.7 Å². The van der Waals surface area contributed by atoms with Crippen molar-refractivity contribution >= 4 is 59.0 Å². The fraction of sp³-hybridized carbons (Fsp3) is 0.394. The number of hydrogen-bond donors (Lipinski definition) is 3. The highest BCUT2D eigenvalue weighted by Gasteiger charge is 2.46. The average molecular weight is 658 g/mol. The van der Waals surface area contributed by atoms with E-state index in [2.05, 4.69) is 20.9 Å². The van der Waals surface area contributed by atoms with Crippen molar-refractivity contribution in [1.29, 1.82) is 0 Å². The van der Waals surface area contributed by atoms with Crippen LogP contribution in [0.15, 0.2) is 36.4 Å². The number of rotatable bonds is 11. The molecule has 7 amide bonds. The highest BCUT2D eigenvalue weighted by atomic mass is 16.2. The zero-order valence-corrected chi connectivity index (χ0v) is 26.3. The lowest BCUT2D eigenvalue weighted by molar-refractivity contribution is -0.136. The van der Waals surface area contributed by atoms with Crippen LogP contribution in [0, 0.1) is 0 Å². The van der Waals surface area contributed by atoms with Gasteiger partial charge in [-0.2, -0.15) is 0 Å². The molecule has 0 bridgehead atoms. The summed E-state index contributed by atoms with van der Waals surface area (Å²) < 4.78 is 0. The Kier molecular flexibility index (Phi) is 9.04. The van der Waals surface area contributed by atoms with E-state index in [1.807, 2.05) is 4.90 Å². The number of nitrogens with one attached hydrogen (secondary N) is 3. The van der Waals surface area contributed by atoms with Crippen LogP contribution in [0.2, 0.25) is 0 Å². The van der Waals surface area contributed by atoms with Gasteiger partial charge in [0.15, 0.2) is 0 Å². The number of carbonyl (C=O) groups is 8. The van der Waals surface area contributed by atoms with Crippen molar-refractivity contribution < 1.29 is 38.4 Å². The normalized spacial score (nSPS) is 20.1. The largest absolute Gasteiger partial charge is 0.383 e. The van der Waals surface area contributed by atoms with Crippen LogP contribution in [-0.4, -0.2) is 121 Å². The van der Waals surface area contributed by atoms with Crippen LogP contribution < -0.4 is 20.9 Å². The number of aldehydes is 1. The summed E-state index contributed by atoms with van der Waals surface area (Å²) in [7, 11) is 1.47. The molecule has 6 rings (SSSR count). The minimum Gasteiger partial charge on any atom is -0.383 e. The van der Waals surface area contributed by atoms with Crippen LogP contribution in [0.1, 0.15) is 67.1 Å². The molecule has 0 aliphatic carbocycles. The van der Waals surface area contributed by atoms with Gasteiger partial charge in [0.1, 0.15) is 12.3 Å². The predicted octanol–water partition coefficient (Wildman–Crippen LogP) is 0.0116. The minimum absolute atomic E-state index is 0.00628. The molecule has 2 aromatic rings. The standard InChI is InChI=1S/C33H35N7O8/c1-34-25(42)10-8-19(18-41)39-30(45)20-4-2-6-22(27(20)32(39)47)35-12-13-37-14-16-38(17-15-37)23-7-3-5-21-28(23)33(48)40(31(21)46)24-9-11-26(43)36-29(24)44/h2-7,18-19,24,35H,8-17H2,1H3,(H,34,42)(H,36,43,44). The quantitative estimate of drug-likeness (QED) is 0.218. The molecule has 250 valence electrons. The van der Waals surface area contributed by atoms with Crippen molar-refractivity contribution in [3.8, 4) is 0 Å². The second kappa shape index (κ2) is 13.4. The van der Waals surface area contributed by atoms with E-state index in [0.717, 1.165) is 9.80 Å². The van der Waals surface area contributed by atoms with Crippen LogP contribution in [0.5, 0.6) is 0 Å². The first-order valence-electron chi connectivity index (χ1n) is 15.9. The van der Waals surface area contributed by atoms with Crippen LogP contribution in [0.3, 0.4) is 0 Å². The van der Waals surface area contributed by atoms with E-state index >= 15 is 0 Å². The third kappa shape index (κ3) is 5.81. The summed E-state index contributed by atoms with van der Waals surface area (Å²) in [5.41, 5.74) is 2.00. The fourth-order valence-corrected chi connectivity index (χ4v) is 6.74. The van der Waals surface area contributed by atoms with Gasteiger partial charge in [-0.1, -0.05) is 12.1 Å². The Bertz CT molecular complexity index is 1730. The van der Waals surface area contributed by atoms with E-state index in [1.54, 1.807) is 36.4 Å². The number of hydrogen-bond acceptors (Lipinski definition) is 11. The summed E-state index contributed by atoms with van der Waals surface area (Å²) in [6.07, 6.45) is 0.674. The highest BCUT2D eigenvalue weighted by molar-refractivity contribution is 6.26. The van der Waals surface area contributed by atoms with Crippen molar-refractivity contribution in [2.45, 2.75) is 37.8 Å². The van der Waals surface area contributed by atoms with E-state index in [1.165, 1.54) is 7.05 Å². The zero-order valence-electron chi connectivity index (χ0n) is 26.3. The zero-order chi connectivity index (χ0) is 34.1. The molecule has 2 atom stereocenters.